The highest BCUT2D eigenvalue weighted by molar-refractivity contribution is 7.92. The molecule has 0 fully saturated rings. The summed E-state index contributed by atoms with van der Waals surface area (Å²) in [6.07, 6.45) is 1.80. The minimum absolute atomic E-state index is 0.127. The molecule has 0 bridgehead atoms. The maximum absolute atomic E-state index is 12.4. The Morgan fingerprint density at radius 2 is 1.70 bits per heavy atom. The Labute approximate surface area is 136 Å². The molecule has 8 heteroatoms. The molecular formula is C15H22N2O5S. The van der Waals surface area contributed by atoms with Crippen LogP contribution in [0.5, 0.6) is 0 Å². The number of benzene rings is 1. The first-order chi connectivity index (χ1) is 10.6. The summed E-state index contributed by atoms with van der Waals surface area (Å²) in [5, 5.41) is 9.22. The van der Waals surface area contributed by atoms with Gasteiger partial charge in [0.05, 0.1) is 17.5 Å². The molecule has 0 saturated heterocycles. The summed E-state index contributed by atoms with van der Waals surface area (Å²) in [5.74, 6) is -1.57. The van der Waals surface area contributed by atoms with Crippen LogP contribution in [0.3, 0.4) is 0 Å². The van der Waals surface area contributed by atoms with E-state index in [2.05, 4.69) is 0 Å². The van der Waals surface area contributed by atoms with Gasteiger partial charge in [0.25, 0.3) is 5.91 Å². The lowest BCUT2D eigenvalue weighted by Gasteiger charge is -2.22. The second-order valence-corrected chi connectivity index (χ2v) is 7.13. The molecule has 0 spiro atoms. The lowest BCUT2D eigenvalue weighted by Crippen LogP contribution is -2.31. The largest absolute Gasteiger partial charge is 0.478 e. The number of carbonyl (C=O) groups is 2. The van der Waals surface area contributed by atoms with Crippen molar-refractivity contribution in [2.45, 2.75) is 20.3 Å². The molecule has 0 aromatic heterocycles. The second-order valence-electron chi connectivity index (χ2n) is 5.23. The van der Waals surface area contributed by atoms with Gasteiger partial charge in [-0.2, -0.15) is 0 Å². The SMILES string of the molecule is CCCN(C)C(=O)c1cc(C(=O)O)cc(N(CC)S(C)(=O)=O)c1. The summed E-state index contributed by atoms with van der Waals surface area (Å²) in [7, 11) is -1.95. The molecule has 0 radical (unpaired) electrons. The maximum Gasteiger partial charge on any atom is 0.335 e. The van der Waals surface area contributed by atoms with Crippen molar-refractivity contribution in [2.75, 3.05) is 30.7 Å². The minimum atomic E-state index is -3.57. The summed E-state index contributed by atoms with van der Waals surface area (Å²) in [6, 6.07) is 3.92. The van der Waals surface area contributed by atoms with Crippen LogP contribution in [0, 0.1) is 0 Å². The van der Waals surface area contributed by atoms with E-state index < -0.39 is 16.0 Å². The highest BCUT2D eigenvalue weighted by atomic mass is 32.2. The highest BCUT2D eigenvalue weighted by Crippen LogP contribution is 2.22. The van der Waals surface area contributed by atoms with Gasteiger partial charge in [0.2, 0.25) is 10.0 Å². The summed E-state index contributed by atoms with van der Waals surface area (Å²) >= 11 is 0. The van der Waals surface area contributed by atoms with Crippen molar-refractivity contribution in [1.29, 1.82) is 0 Å². The standard InChI is InChI=1S/C15H22N2O5S/c1-5-7-16(3)14(18)11-8-12(15(19)20)10-13(9-11)17(6-2)23(4,21)22/h8-10H,5-7H2,1-4H3,(H,19,20). The van der Waals surface area contributed by atoms with E-state index in [1.165, 1.54) is 23.1 Å². The van der Waals surface area contributed by atoms with Crippen LogP contribution in [-0.2, 0) is 10.0 Å². The van der Waals surface area contributed by atoms with Crippen molar-refractivity contribution in [2.24, 2.45) is 0 Å². The molecule has 1 amide bonds. The molecule has 0 aliphatic heterocycles. The fourth-order valence-electron chi connectivity index (χ4n) is 2.27. The zero-order valence-electron chi connectivity index (χ0n) is 13.7. The quantitative estimate of drug-likeness (QED) is 0.813. The Morgan fingerprint density at radius 3 is 2.13 bits per heavy atom. The molecule has 1 aromatic carbocycles. The average Bonchev–Trinajstić information content (AvgIpc) is 2.45. The van der Waals surface area contributed by atoms with Crippen LogP contribution >= 0.6 is 0 Å². The monoisotopic (exact) mass is 342 g/mol. The zero-order valence-corrected chi connectivity index (χ0v) is 14.6. The summed E-state index contributed by atoms with van der Waals surface area (Å²) in [6.45, 7) is 4.22. The first kappa shape index (κ1) is 19.0. The van der Waals surface area contributed by atoms with Crippen molar-refractivity contribution in [3.63, 3.8) is 0 Å². The van der Waals surface area contributed by atoms with Crippen LogP contribution in [0.4, 0.5) is 5.69 Å². The number of carboxylic acids is 1. The van der Waals surface area contributed by atoms with E-state index in [0.717, 1.165) is 17.0 Å². The van der Waals surface area contributed by atoms with Crippen LogP contribution < -0.4 is 4.31 Å². The normalized spacial score (nSPS) is 11.1. The van der Waals surface area contributed by atoms with Gasteiger partial charge in [0.15, 0.2) is 0 Å². The molecule has 7 nitrogen and oxygen atoms in total. The van der Waals surface area contributed by atoms with E-state index in [1.807, 2.05) is 6.92 Å². The second kappa shape index (κ2) is 7.45. The number of nitrogens with zero attached hydrogens (tertiary/aromatic N) is 2. The molecule has 23 heavy (non-hydrogen) atoms. The third-order valence-electron chi connectivity index (χ3n) is 3.29. The van der Waals surface area contributed by atoms with Crippen molar-refractivity contribution in [3.8, 4) is 0 Å². The van der Waals surface area contributed by atoms with Gasteiger partial charge in [-0.15, -0.1) is 0 Å². The van der Waals surface area contributed by atoms with Crippen LogP contribution in [0.2, 0.25) is 0 Å². The third kappa shape index (κ3) is 4.69. The lowest BCUT2D eigenvalue weighted by atomic mass is 10.1. The number of rotatable bonds is 7. The van der Waals surface area contributed by atoms with Crippen molar-refractivity contribution >= 4 is 27.6 Å². The molecule has 1 aromatic rings. The molecule has 0 aliphatic rings. The summed E-state index contributed by atoms with van der Waals surface area (Å²) in [5.41, 5.74) is 0.193. The first-order valence-electron chi connectivity index (χ1n) is 7.23. The Hall–Kier alpha value is -2.09. The Kier molecular flexibility index (Phi) is 6.14. The topological polar surface area (TPSA) is 95.0 Å². The van der Waals surface area contributed by atoms with E-state index in [9.17, 15) is 23.1 Å². The maximum atomic E-state index is 12.4. The van der Waals surface area contributed by atoms with Gasteiger partial charge in [0, 0.05) is 25.7 Å². The first-order valence-corrected chi connectivity index (χ1v) is 9.08. The highest BCUT2D eigenvalue weighted by Gasteiger charge is 2.21. The summed E-state index contributed by atoms with van der Waals surface area (Å²) in [4.78, 5) is 25.2. The number of carbonyl (C=O) groups excluding carboxylic acids is 1. The van der Waals surface area contributed by atoms with Gasteiger partial charge >= 0.3 is 5.97 Å². The van der Waals surface area contributed by atoms with E-state index in [0.29, 0.717) is 6.54 Å². The predicted octanol–water partition coefficient (Wildman–Crippen LogP) is 1.65. The van der Waals surface area contributed by atoms with E-state index in [-0.39, 0.29) is 29.3 Å². The van der Waals surface area contributed by atoms with E-state index >= 15 is 0 Å². The number of anilines is 1. The fraction of sp³-hybridized carbons (Fsp3) is 0.467. The molecule has 0 saturated carbocycles. The van der Waals surface area contributed by atoms with Gasteiger partial charge in [-0.25, -0.2) is 13.2 Å². The van der Waals surface area contributed by atoms with Crippen LogP contribution in [-0.4, -0.2) is 56.7 Å². The number of hydrogen-bond donors (Lipinski definition) is 1. The molecule has 0 heterocycles. The molecule has 0 unspecified atom stereocenters. The van der Waals surface area contributed by atoms with Gasteiger partial charge in [0.1, 0.15) is 0 Å². The summed E-state index contributed by atoms with van der Waals surface area (Å²) < 4.78 is 24.8. The van der Waals surface area contributed by atoms with Crippen molar-refractivity contribution < 1.29 is 23.1 Å². The molecular weight excluding hydrogens is 320 g/mol. The Balaban J connectivity index is 3.44. The minimum Gasteiger partial charge on any atom is -0.478 e. The van der Waals surface area contributed by atoms with Crippen LogP contribution in [0.15, 0.2) is 18.2 Å². The fourth-order valence-corrected chi connectivity index (χ4v) is 3.23. The number of carboxylic acid groups (broad SMARTS) is 1. The lowest BCUT2D eigenvalue weighted by molar-refractivity contribution is 0.0697. The molecule has 0 atom stereocenters. The van der Waals surface area contributed by atoms with Gasteiger partial charge in [-0.3, -0.25) is 9.10 Å². The van der Waals surface area contributed by atoms with Crippen LogP contribution in [0.1, 0.15) is 41.0 Å². The number of sulfonamides is 1. The third-order valence-corrected chi connectivity index (χ3v) is 4.56. The Bertz CT molecular complexity index is 700. The van der Waals surface area contributed by atoms with E-state index in [4.69, 9.17) is 0 Å². The van der Waals surface area contributed by atoms with Gasteiger partial charge in [-0.05, 0) is 31.5 Å². The van der Waals surface area contributed by atoms with Gasteiger partial charge in [-0.1, -0.05) is 6.92 Å². The molecule has 128 valence electrons. The number of amides is 1. The molecule has 1 rings (SSSR count). The van der Waals surface area contributed by atoms with Crippen LogP contribution in [0.25, 0.3) is 0 Å². The smallest absolute Gasteiger partial charge is 0.335 e. The Morgan fingerprint density at radius 1 is 1.13 bits per heavy atom. The molecule has 0 aliphatic carbocycles. The average molecular weight is 342 g/mol. The van der Waals surface area contributed by atoms with Crippen molar-refractivity contribution in [1.82, 2.24) is 4.90 Å². The van der Waals surface area contributed by atoms with Crippen molar-refractivity contribution in [3.05, 3.63) is 29.3 Å². The zero-order chi connectivity index (χ0) is 17.8. The molecule has 1 N–H and O–H groups in total. The predicted molar refractivity (Wildman–Crippen MR) is 88.5 cm³/mol. The van der Waals surface area contributed by atoms with E-state index in [1.54, 1.807) is 14.0 Å². The van der Waals surface area contributed by atoms with Gasteiger partial charge < -0.3 is 10.0 Å². The number of aromatic carboxylic acids is 1. The number of hydrogen-bond acceptors (Lipinski definition) is 4.